The van der Waals surface area contributed by atoms with Gasteiger partial charge in [-0.3, -0.25) is 0 Å². The molecule has 14 heavy (non-hydrogen) atoms. The molecule has 0 aliphatic heterocycles. The minimum absolute atomic E-state index is 0.367. The zero-order valence-corrected chi connectivity index (χ0v) is 10.2. The van der Waals surface area contributed by atoms with Crippen LogP contribution in [0.4, 0.5) is 0 Å². The van der Waals surface area contributed by atoms with E-state index in [9.17, 15) is 0 Å². The zero-order chi connectivity index (χ0) is 10.1. The Kier molecular flexibility index (Phi) is 3.15. The lowest BCUT2D eigenvalue weighted by Gasteiger charge is -2.12. The first-order valence-corrected chi connectivity index (χ1v) is 6.05. The van der Waals surface area contributed by atoms with Crippen LogP contribution in [0.5, 0.6) is 0 Å². The first kappa shape index (κ1) is 10.5. The Morgan fingerprint density at radius 2 is 2.14 bits per heavy atom. The van der Waals surface area contributed by atoms with E-state index in [1.807, 2.05) is 12.1 Å². The van der Waals surface area contributed by atoms with Gasteiger partial charge in [0.25, 0.3) is 0 Å². The van der Waals surface area contributed by atoms with E-state index in [2.05, 4.69) is 22.0 Å². The van der Waals surface area contributed by atoms with Crippen LogP contribution in [0.25, 0.3) is 0 Å². The Hall–Kier alpha value is -0.0500. The Morgan fingerprint density at radius 1 is 1.36 bits per heavy atom. The average Bonchev–Trinajstić information content (AvgIpc) is 2.57. The first-order chi connectivity index (χ1) is 6.68. The number of hydrogen-bond donors (Lipinski definition) is 1. The second-order valence-corrected chi connectivity index (χ2v) is 5.11. The van der Waals surface area contributed by atoms with Crippen molar-refractivity contribution >= 4 is 27.5 Å². The van der Waals surface area contributed by atoms with Crippen molar-refractivity contribution in [3.8, 4) is 0 Å². The molecule has 1 aromatic rings. The van der Waals surface area contributed by atoms with Crippen LogP contribution in [0, 0.1) is 0 Å². The van der Waals surface area contributed by atoms with Crippen molar-refractivity contribution in [2.45, 2.75) is 31.2 Å². The minimum Gasteiger partial charge on any atom is -0.328 e. The van der Waals surface area contributed by atoms with E-state index in [4.69, 9.17) is 17.3 Å². The Balaban J connectivity index is 2.28. The molecule has 0 radical (unpaired) electrons. The van der Waals surface area contributed by atoms with E-state index in [1.165, 1.54) is 12.0 Å². The largest absolute Gasteiger partial charge is 0.328 e. The van der Waals surface area contributed by atoms with Crippen LogP contribution in [0.2, 0.25) is 5.02 Å². The molecule has 0 aromatic heterocycles. The van der Waals surface area contributed by atoms with Gasteiger partial charge in [-0.1, -0.05) is 23.7 Å². The van der Waals surface area contributed by atoms with Crippen molar-refractivity contribution in [2.75, 3.05) is 0 Å². The number of rotatable bonds is 1. The number of halogens is 2. The highest BCUT2D eigenvalue weighted by molar-refractivity contribution is 9.10. The maximum atomic E-state index is 6.05. The molecule has 1 saturated carbocycles. The summed E-state index contributed by atoms with van der Waals surface area (Å²) < 4.78 is 1.04. The van der Waals surface area contributed by atoms with Gasteiger partial charge in [-0.05, 0) is 52.7 Å². The highest BCUT2D eigenvalue weighted by Gasteiger charge is 2.24. The summed E-state index contributed by atoms with van der Waals surface area (Å²) in [6.07, 6.45) is 3.39. The highest BCUT2D eigenvalue weighted by atomic mass is 79.9. The molecular formula is C11H13BrClN. The average molecular weight is 275 g/mol. The molecule has 1 fully saturated rings. The molecule has 1 nitrogen and oxygen atoms in total. The molecule has 0 bridgehead atoms. The van der Waals surface area contributed by atoms with Crippen molar-refractivity contribution in [1.29, 1.82) is 0 Å². The number of hydrogen-bond acceptors (Lipinski definition) is 1. The normalized spacial score (nSPS) is 26.8. The molecule has 2 unspecified atom stereocenters. The van der Waals surface area contributed by atoms with Crippen molar-refractivity contribution in [1.82, 2.24) is 0 Å². The van der Waals surface area contributed by atoms with Crippen LogP contribution >= 0.6 is 27.5 Å². The van der Waals surface area contributed by atoms with Gasteiger partial charge in [0.05, 0.1) is 5.02 Å². The van der Waals surface area contributed by atoms with Gasteiger partial charge in [0.1, 0.15) is 0 Å². The van der Waals surface area contributed by atoms with Crippen molar-refractivity contribution in [3.63, 3.8) is 0 Å². The van der Waals surface area contributed by atoms with Crippen LogP contribution in [-0.2, 0) is 0 Å². The molecule has 2 rings (SSSR count). The van der Waals surface area contributed by atoms with E-state index < -0.39 is 0 Å². The SMILES string of the molecule is NC1CCC(c2cccc(Cl)c2Br)C1. The van der Waals surface area contributed by atoms with Gasteiger partial charge in [-0.25, -0.2) is 0 Å². The molecule has 76 valence electrons. The topological polar surface area (TPSA) is 26.0 Å². The van der Waals surface area contributed by atoms with Crippen LogP contribution in [0.15, 0.2) is 22.7 Å². The van der Waals surface area contributed by atoms with E-state index in [-0.39, 0.29) is 0 Å². The predicted molar refractivity (Wildman–Crippen MR) is 63.7 cm³/mol. The summed E-state index contributed by atoms with van der Waals surface area (Å²) in [6, 6.07) is 6.42. The van der Waals surface area contributed by atoms with Gasteiger partial charge >= 0.3 is 0 Å². The fraction of sp³-hybridized carbons (Fsp3) is 0.455. The van der Waals surface area contributed by atoms with Crippen LogP contribution in [0.3, 0.4) is 0 Å². The van der Waals surface area contributed by atoms with E-state index in [0.29, 0.717) is 12.0 Å². The van der Waals surface area contributed by atoms with Gasteiger partial charge < -0.3 is 5.73 Å². The summed E-state index contributed by atoms with van der Waals surface area (Å²) >= 11 is 9.59. The monoisotopic (exact) mass is 273 g/mol. The zero-order valence-electron chi connectivity index (χ0n) is 7.84. The van der Waals surface area contributed by atoms with Gasteiger partial charge in [-0.15, -0.1) is 0 Å². The quantitative estimate of drug-likeness (QED) is 0.830. The maximum Gasteiger partial charge on any atom is 0.0550 e. The molecule has 1 aliphatic carbocycles. The molecule has 0 heterocycles. The predicted octanol–water partition coefficient (Wildman–Crippen LogP) is 3.70. The van der Waals surface area contributed by atoms with E-state index in [0.717, 1.165) is 22.3 Å². The van der Waals surface area contributed by atoms with E-state index >= 15 is 0 Å². The smallest absolute Gasteiger partial charge is 0.0550 e. The Morgan fingerprint density at radius 3 is 2.79 bits per heavy atom. The van der Waals surface area contributed by atoms with Gasteiger partial charge in [0.2, 0.25) is 0 Å². The summed E-state index contributed by atoms with van der Waals surface area (Å²) in [7, 11) is 0. The third kappa shape index (κ3) is 1.97. The lowest BCUT2D eigenvalue weighted by atomic mass is 9.98. The molecule has 3 heteroatoms. The van der Waals surface area contributed by atoms with Crippen LogP contribution in [-0.4, -0.2) is 6.04 Å². The second-order valence-electron chi connectivity index (χ2n) is 3.91. The summed E-state index contributed by atoms with van der Waals surface area (Å²) in [5, 5.41) is 0.794. The van der Waals surface area contributed by atoms with E-state index in [1.54, 1.807) is 0 Å². The molecule has 1 aliphatic rings. The third-order valence-corrected chi connectivity index (χ3v) is 4.32. The van der Waals surface area contributed by atoms with Gasteiger partial charge in [-0.2, -0.15) is 0 Å². The summed E-state index contributed by atoms with van der Waals surface area (Å²) in [5.41, 5.74) is 7.21. The fourth-order valence-corrected chi connectivity index (χ4v) is 2.90. The summed E-state index contributed by atoms with van der Waals surface area (Å²) in [6.45, 7) is 0. The number of benzene rings is 1. The summed E-state index contributed by atoms with van der Waals surface area (Å²) in [4.78, 5) is 0. The summed E-state index contributed by atoms with van der Waals surface area (Å²) in [5.74, 6) is 0.582. The molecule has 0 saturated heterocycles. The lowest BCUT2D eigenvalue weighted by molar-refractivity contribution is 0.673. The van der Waals surface area contributed by atoms with Crippen LogP contribution in [0.1, 0.15) is 30.7 Å². The first-order valence-electron chi connectivity index (χ1n) is 4.88. The molecule has 2 atom stereocenters. The second kappa shape index (κ2) is 4.21. The molecule has 0 spiro atoms. The third-order valence-electron chi connectivity index (χ3n) is 2.89. The highest BCUT2D eigenvalue weighted by Crippen LogP contribution is 2.39. The standard InChI is InChI=1S/C11H13BrClN/c12-11-9(2-1-3-10(11)13)7-4-5-8(14)6-7/h1-3,7-8H,4-6,14H2. The van der Waals surface area contributed by atoms with Crippen molar-refractivity contribution in [2.24, 2.45) is 5.73 Å². The molecule has 1 aromatic carbocycles. The lowest BCUT2D eigenvalue weighted by Crippen LogP contribution is -2.14. The van der Waals surface area contributed by atoms with Gasteiger partial charge in [0.15, 0.2) is 0 Å². The molecular weight excluding hydrogens is 261 g/mol. The minimum atomic E-state index is 0.367. The number of nitrogens with two attached hydrogens (primary N) is 1. The fourth-order valence-electron chi connectivity index (χ4n) is 2.13. The van der Waals surface area contributed by atoms with Crippen LogP contribution < -0.4 is 5.73 Å². The van der Waals surface area contributed by atoms with Crippen molar-refractivity contribution in [3.05, 3.63) is 33.3 Å². The molecule has 0 amide bonds. The molecule has 2 N–H and O–H groups in total. The van der Waals surface area contributed by atoms with Gasteiger partial charge in [0, 0.05) is 10.5 Å². The Bertz CT molecular complexity index is 340. The Labute approximate surface area is 97.8 Å². The van der Waals surface area contributed by atoms with Crippen molar-refractivity contribution < 1.29 is 0 Å². The maximum absolute atomic E-state index is 6.05.